The van der Waals surface area contributed by atoms with Gasteiger partial charge in [-0.2, -0.15) is 5.26 Å². The van der Waals surface area contributed by atoms with Crippen molar-refractivity contribution in [3.05, 3.63) is 34.4 Å². The summed E-state index contributed by atoms with van der Waals surface area (Å²) >= 11 is 3.42. The number of benzene rings is 1. The van der Waals surface area contributed by atoms with Gasteiger partial charge in [0.2, 0.25) is 0 Å². The van der Waals surface area contributed by atoms with Crippen LogP contribution in [-0.2, 0) is 16.1 Å². The van der Waals surface area contributed by atoms with Gasteiger partial charge in [-0.15, -0.1) is 0 Å². The number of aliphatic carboxylic acids is 2. The van der Waals surface area contributed by atoms with E-state index in [-0.39, 0.29) is 6.54 Å². The summed E-state index contributed by atoms with van der Waals surface area (Å²) in [6, 6.07) is 6.72. The summed E-state index contributed by atoms with van der Waals surface area (Å²) in [5.41, 5.74) is 1.29. The van der Waals surface area contributed by atoms with E-state index in [0.717, 1.165) is 9.86 Å². The Hall–Kier alpha value is -2.41. The molecule has 8 nitrogen and oxygen atoms in total. The molecule has 3 rings (SSSR count). The van der Waals surface area contributed by atoms with Crippen molar-refractivity contribution in [1.29, 1.82) is 5.26 Å². The zero-order valence-corrected chi connectivity index (χ0v) is 16.8. The number of carboxylic acid groups (broad SMARTS) is 2. The molecule has 0 radical (unpaired) electrons. The highest BCUT2D eigenvalue weighted by molar-refractivity contribution is 9.10. The molecule has 1 aliphatic heterocycles. The molecule has 9 heteroatoms. The minimum atomic E-state index is -0.982. The van der Waals surface area contributed by atoms with Crippen molar-refractivity contribution < 1.29 is 19.8 Å². The number of piperazine rings is 1. The molecule has 1 atom stereocenters. The molecule has 148 valence electrons. The zero-order valence-electron chi connectivity index (χ0n) is 15.2. The molecule has 1 aliphatic rings. The van der Waals surface area contributed by atoms with E-state index in [2.05, 4.69) is 26.9 Å². The van der Waals surface area contributed by atoms with Crippen molar-refractivity contribution >= 4 is 38.8 Å². The SMILES string of the molecule is N#CCCN1CCN(C(C(=O)O)c2cn(CC(=O)O)c3ccc(Br)cc23)CC1. The second-order valence-electron chi connectivity index (χ2n) is 6.79. The van der Waals surface area contributed by atoms with Gasteiger partial charge in [0.05, 0.1) is 6.07 Å². The van der Waals surface area contributed by atoms with Gasteiger partial charge >= 0.3 is 11.9 Å². The largest absolute Gasteiger partial charge is 0.480 e. The maximum atomic E-state index is 12.2. The number of aromatic nitrogens is 1. The van der Waals surface area contributed by atoms with Crippen LogP contribution in [0.4, 0.5) is 0 Å². The fourth-order valence-electron chi connectivity index (χ4n) is 3.73. The Morgan fingerprint density at radius 3 is 2.54 bits per heavy atom. The van der Waals surface area contributed by atoms with E-state index < -0.39 is 18.0 Å². The second-order valence-corrected chi connectivity index (χ2v) is 7.71. The van der Waals surface area contributed by atoms with Gasteiger partial charge < -0.3 is 14.8 Å². The molecule has 28 heavy (non-hydrogen) atoms. The molecule has 1 unspecified atom stereocenters. The molecule has 1 fully saturated rings. The Morgan fingerprint density at radius 1 is 1.21 bits per heavy atom. The number of hydrogen-bond donors (Lipinski definition) is 2. The van der Waals surface area contributed by atoms with Crippen molar-refractivity contribution in [2.24, 2.45) is 0 Å². The van der Waals surface area contributed by atoms with Crippen LogP contribution in [-0.4, -0.2) is 69.2 Å². The highest BCUT2D eigenvalue weighted by Gasteiger charge is 2.32. The first-order chi connectivity index (χ1) is 13.4. The summed E-state index contributed by atoms with van der Waals surface area (Å²) in [5, 5.41) is 28.6. The van der Waals surface area contributed by atoms with Crippen LogP contribution in [0, 0.1) is 11.3 Å². The Kier molecular flexibility index (Phi) is 6.34. The van der Waals surface area contributed by atoms with Crippen LogP contribution < -0.4 is 0 Å². The van der Waals surface area contributed by atoms with E-state index in [1.165, 1.54) is 0 Å². The average Bonchev–Trinajstić information content (AvgIpc) is 2.97. The predicted molar refractivity (Wildman–Crippen MR) is 106 cm³/mol. The standard InChI is InChI=1S/C19H21BrN4O4/c20-13-2-3-16-14(10-13)15(11-24(16)12-17(25)26)18(19(27)28)23-8-6-22(7-9-23)5-1-4-21/h2-3,10-11,18H,1,5-9,12H2,(H,25,26)(H,27,28). The van der Waals surface area contributed by atoms with Gasteiger partial charge in [0, 0.05) is 66.3 Å². The maximum absolute atomic E-state index is 12.2. The average molecular weight is 449 g/mol. The Labute approximate surface area is 170 Å². The third kappa shape index (κ3) is 4.35. The zero-order chi connectivity index (χ0) is 20.3. The van der Waals surface area contributed by atoms with Crippen LogP contribution in [0.15, 0.2) is 28.9 Å². The number of fused-ring (bicyclic) bond motifs is 1. The summed E-state index contributed by atoms with van der Waals surface area (Å²) < 4.78 is 2.39. The number of nitriles is 1. The molecular formula is C19H21BrN4O4. The van der Waals surface area contributed by atoms with Gasteiger partial charge in [0.25, 0.3) is 0 Å². The summed E-state index contributed by atoms with van der Waals surface area (Å²) in [4.78, 5) is 27.5. The fourth-order valence-corrected chi connectivity index (χ4v) is 4.09. The molecule has 0 amide bonds. The molecule has 1 aromatic carbocycles. The molecule has 0 spiro atoms. The number of nitrogens with zero attached hydrogens (tertiary/aromatic N) is 4. The number of rotatable bonds is 7. The molecule has 2 heterocycles. The van der Waals surface area contributed by atoms with Crippen LogP contribution in [0.3, 0.4) is 0 Å². The summed E-state index contributed by atoms with van der Waals surface area (Å²) in [6.07, 6.45) is 2.10. The summed E-state index contributed by atoms with van der Waals surface area (Å²) in [7, 11) is 0. The minimum absolute atomic E-state index is 0.230. The molecule has 0 aliphatic carbocycles. The van der Waals surface area contributed by atoms with Crippen molar-refractivity contribution in [2.45, 2.75) is 19.0 Å². The minimum Gasteiger partial charge on any atom is -0.480 e. The van der Waals surface area contributed by atoms with E-state index in [0.29, 0.717) is 50.2 Å². The van der Waals surface area contributed by atoms with Gasteiger partial charge in [-0.25, -0.2) is 0 Å². The van der Waals surface area contributed by atoms with Gasteiger partial charge in [-0.1, -0.05) is 15.9 Å². The van der Waals surface area contributed by atoms with E-state index >= 15 is 0 Å². The van der Waals surface area contributed by atoms with Gasteiger partial charge in [0.15, 0.2) is 0 Å². The molecule has 2 aromatic rings. The number of hydrogen-bond acceptors (Lipinski definition) is 5. The lowest BCUT2D eigenvalue weighted by Crippen LogP contribution is -2.49. The number of halogens is 1. The third-order valence-electron chi connectivity index (χ3n) is 5.02. The van der Waals surface area contributed by atoms with Gasteiger partial charge in [-0.05, 0) is 18.2 Å². The van der Waals surface area contributed by atoms with Gasteiger partial charge in [-0.3, -0.25) is 19.4 Å². The van der Waals surface area contributed by atoms with E-state index in [1.807, 2.05) is 17.0 Å². The molecule has 1 aromatic heterocycles. The monoisotopic (exact) mass is 448 g/mol. The van der Waals surface area contributed by atoms with Crippen LogP contribution in [0.25, 0.3) is 10.9 Å². The smallest absolute Gasteiger partial charge is 0.325 e. The fraction of sp³-hybridized carbons (Fsp3) is 0.421. The first-order valence-corrected chi connectivity index (χ1v) is 9.76. The Bertz CT molecular complexity index is 928. The lowest BCUT2D eigenvalue weighted by Gasteiger charge is -2.37. The highest BCUT2D eigenvalue weighted by Crippen LogP contribution is 2.33. The summed E-state index contributed by atoms with van der Waals surface area (Å²) in [5.74, 6) is -1.94. The topological polar surface area (TPSA) is 110 Å². The van der Waals surface area contributed by atoms with E-state index in [4.69, 9.17) is 5.26 Å². The Balaban J connectivity index is 1.93. The van der Waals surface area contributed by atoms with Crippen LogP contribution >= 0.6 is 15.9 Å². The normalized spacial score (nSPS) is 16.7. The van der Waals surface area contributed by atoms with Crippen LogP contribution in [0.1, 0.15) is 18.0 Å². The van der Waals surface area contributed by atoms with Crippen molar-refractivity contribution in [1.82, 2.24) is 14.4 Å². The highest BCUT2D eigenvalue weighted by atomic mass is 79.9. The predicted octanol–water partition coefficient (Wildman–Crippen LogP) is 2.15. The maximum Gasteiger partial charge on any atom is 0.325 e. The van der Waals surface area contributed by atoms with E-state index in [1.54, 1.807) is 16.8 Å². The molecule has 2 N–H and O–H groups in total. The second kappa shape index (κ2) is 8.73. The first kappa shape index (κ1) is 20.3. The number of carbonyl (C=O) groups is 2. The van der Waals surface area contributed by atoms with Crippen molar-refractivity contribution in [3.8, 4) is 6.07 Å². The number of carboxylic acids is 2. The third-order valence-corrected chi connectivity index (χ3v) is 5.51. The quantitative estimate of drug-likeness (QED) is 0.667. The van der Waals surface area contributed by atoms with E-state index in [9.17, 15) is 19.8 Å². The molecule has 1 saturated heterocycles. The molecule has 0 bridgehead atoms. The van der Waals surface area contributed by atoms with Crippen LogP contribution in [0.2, 0.25) is 0 Å². The van der Waals surface area contributed by atoms with Crippen molar-refractivity contribution in [2.75, 3.05) is 32.7 Å². The lowest BCUT2D eigenvalue weighted by molar-refractivity contribution is -0.144. The van der Waals surface area contributed by atoms with Crippen molar-refractivity contribution in [3.63, 3.8) is 0 Å². The summed E-state index contributed by atoms with van der Waals surface area (Å²) in [6.45, 7) is 3.00. The molecule has 0 saturated carbocycles. The van der Waals surface area contributed by atoms with Crippen LogP contribution in [0.5, 0.6) is 0 Å². The first-order valence-electron chi connectivity index (χ1n) is 8.97. The lowest BCUT2D eigenvalue weighted by atomic mass is 10.0. The Morgan fingerprint density at radius 2 is 1.93 bits per heavy atom. The molecular weight excluding hydrogens is 428 g/mol. The van der Waals surface area contributed by atoms with Gasteiger partial charge in [0.1, 0.15) is 12.6 Å².